The number of carbonyl (C=O) groups excluding carboxylic acids is 2. The summed E-state index contributed by atoms with van der Waals surface area (Å²) < 4.78 is 0. The van der Waals surface area contributed by atoms with Gasteiger partial charge < -0.3 is 15.7 Å². The molecule has 0 fully saturated rings. The minimum Gasteiger partial charge on any atom is -0.481 e. The van der Waals surface area contributed by atoms with Crippen molar-refractivity contribution >= 4 is 52.5 Å². The third-order valence-corrected chi connectivity index (χ3v) is 7.18. The van der Waals surface area contributed by atoms with Crippen molar-refractivity contribution < 1.29 is 19.5 Å². The first-order valence-corrected chi connectivity index (χ1v) is 12.1. The van der Waals surface area contributed by atoms with Crippen LogP contribution in [0.25, 0.3) is 0 Å². The molecule has 8 heteroatoms. The maximum Gasteiger partial charge on any atom is 0.307 e. The van der Waals surface area contributed by atoms with E-state index in [0.717, 1.165) is 10.5 Å². The molecule has 3 atom stereocenters. The number of carboxylic acids is 1. The van der Waals surface area contributed by atoms with Crippen LogP contribution in [0.4, 0.5) is 11.4 Å². The van der Waals surface area contributed by atoms with Crippen LogP contribution in [0.15, 0.2) is 59.5 Å². The molecule has 0 saturated heterocycles. The van der Waals surface area contributed by atoms with Gasteiger partial charge in [0.05, 0.1) is 17.1 Å². The number of hydrogen-bond donors (Lipinski definition) is 3. The molecule has 33 heavy (non-hydrogen) atoms. The van der Waals surface area contributed by atoms with E-state index < -0.39 is 17.8 Å². The summed E-state index contributed by atoms with van der Waals surface area (Å²) in [5, 5.41) is 15.4. The standard InChI is InChI=1S/C25H27ClN2O4S/c1-3-22(24(30)28-21-13-16(26)12-11-15(21)2)33-18-8-6-7-17(14-18)27-23(29)19-9-4-5-10-20(19)25(31)32/h4-8,11-14,19-20,22H,3,9-10H2,1-2H3,(H,27,29)(H,28,30)(H,31,32). The molecule has 0 aromatic heterocycles. The first-order valence-electron chi connectivity index (χ1n) is 10.8. The lowest BCUT2D eigenvalue weighted by molar-refractivity contribution is -0.146. The van der Waals surface area contributed by atoms with Crippen molar-refractivity contribution in [2.75, 3.05) is 10.6 Å². The maximum absolute atomic E-state index is 12.9. The summed E-state index contributed by atoms with van der Waals surface area (Å²) in [5.74, 6) is -2.74. The van der Waals surface area contributed by atoms with E-state index in [4.69, 9.17) is 11.6 Å². The highest BCUT2D eigenvalue weighted by molar-refractivity contribution is 8.00. The summed E-state index contributed by atoms with van der Waals surface area (Å²) in [6, 6.07) is 12.6. The van der Waals surface area contributed by atoms with Gasteiger partial charge in [-0.1, -0.05) is 42.8 Å². The van der Waals surface area contributed by atoms with Gasteiger partial charge in [0.2, 0.25) is 11.8 Å². The molecule has 2 amide bonds. The van der Waals surface area contributed by atoms with Gasteiger partial charge >= 0.3 is 5.97 Å². The average Bonchev–Trinajstić information content (AvgIpc) is 2.80. The molecule has 0 bridgehead atoms. The predicted molar refractivity (Wildman–Crippen MR) is 133 cm³/mol. The Bertz CT molecular complexity index is 1070. The van der Waals surface area contributed by atoms with Crippen LogP contribution in [0, 0.1) is 18.8 Å². The Morgan fingerprint density at radius 1 is 1.09 bits per heavy atom. The average molecular weight is 487 g/mol. The number of carboxylic acid groups (broad SMARTS) is 1. The first-order chi connectivity index (χ1) is 15.8. The van der Waals surface area contributed by atoms with Gasteiger partial charge in [-0.25, -0.2) is 0 Å². The summed E-state index contributed by atoms with van der Waals surface area (Å²) >= 11 is 7.46. The van der Waals surface area contributed by atoms with E-state index in [9.17, 15) is 19.5 Å². The van der Waals surface area contributed by atoms with Gasteiger partial charge in [-0.15, -0.1) is 11.8 Å². The number of carbonyl (C=O) groups is 3. The van der Waals surface area contributed by atoms with Crippen molar-refractivity contribution in [1.29, 1.82) is 0 Å². The zero-order valence-electron chi connectivity index (χ0n) is 18.5. The van der Waals surface area contributed by atoms with Gasteiger partial charge in [0.15, 0.2) is 0 Å². The number of thioether (sulfide) groups is 1. The topological polar surface area (TPSA) is 95.5 Å². The Kier molecular flexibility index (Phi) is 8.58. The molecule has 3 rings (SSSR count). The molecule has 0 aliphatic heterocycles. The molecule has 6 nitrogen and oxygen atoms in total. The number of rotatable bonds is 8. The van der Waals surface area contributed by atoms with E-state index in [1.54, 1.807) is 36.4 Å². The largest absolute Gasteiger partial charge is 0.481 e. The van der Waals surface area contributed by atoms with Gasteiger partial charge in [0.25, 0.3) is 0 Å². The van der Waals surface area contributed by atoms with Crippen LogP contribution in [0.1, 0.15) is 31.7 Å². The van der Waals surface area contributed by atoms with E-state index in [0.29, 0.717) is 35.7 Å². The number of benzene rings is 2. The smallest absolute Gasteiger partial charge is 0.307 e. The maximum atomic E-state index is 12.9. The number of hydrogen-bond acceptors (Lipinski definition) is 4. The normalized spacial score (nSPS) is 18.4. The number of nitrogens with one attached hydrogen (secondary N) is 2. The van der Waals surface area contributed by atoms with Crippen LogP contribution in [0.2, 0.25) is 5.02 Å². The minimum atomic E-state index is -0.962. The summed E-state index contributed by atoms with van der Waals surface area (Å²) in [6.45, 7) is 3.85. The van der Waals surface area contributed by atoms with Crippen molar-refractivity contribution in [1.82, 2.24) is 0 Å². The lowest BCUT2D eigenvalue weighted by Crippen LogP contribution is -2.34. The Hall–Kier alpha value is -2.77. The molecular weight excluding hydrogens is 460 g/mol. The van der Waals surface area contributed by atoms with E-state index in [-0.39, 0.29) is 17.1 Å². The summed E-state index contributed by atoms with van der Waals surface area (Å²) in [5.41, 5.74) is 2.18. The van der Waals surface area contributed by atoms with Crippen molar-refractivity contribution in [2.24, 2.45) is 11.8 Å². The Balaban J connectivity index is 1.67. The van der Waals surface area contributed by atoms with Crippen molar-refractivity contribution in [3.05, 3.63) is 65.2 Å². The van der Waals surface area contributed by atoms with Crippen LogP contribution >= 0.6 is 23.4 Å². The second-order valence-electron chi connectivity index (χ2n) is 7.97. The van der Waals surface area contributed by atoms with E-state index in [1.165, 1.54) is 11.8 Å². The van der Waals surface area contributed by atoms with Crippen LogP contribution in [0.5, 0.6) is 0 Å². The van der Waals surface area contributed by atoms with Crippen LogP contribution in [0.3, 0.4) is 0 Å². The Morgan fingerprint density at radius 3 is 2.52 bits per heavy atom. The number of aliphatic carboxylic acids is 1. The molecule has 0 spiro atoms. The Morgan fingerprint density at radius 2 is 1.82 bits per heavy atom. The highest BCUT2D eigenvalue weighted by atomic mass is 35.5. The van der Waals surface area contributed by atoms with E-state index >= 15 is 0 Å². The molecule has 1 aliphatic carbocycles. The van der Waals surface area contributed by atoms with Crippen LogP contribution in [-0.4, -0.2) is 28.1 Å². The van der Waals surface area contributed by atoms with Gasteiger partial charge in [-0.3, -0.25) is 14.4 Å². The molecule has 0 radical (unpaired) electrons. The SMILES string of the molecule is CCC(Sc1cccc(NC(=O)C2CC=CCC2C(=O)O)c1)C(=O)Nc1cc(Cl)ccc1C. The monoisotopic (exact) mass is 486 g/mol. The zero-order chi connectivity index (χ0) is 24.0. The zero-order valence-corrected chi connectivity index (χ0v) is 20.1. The van der Waals surface area contributed by atoms with Gasteiger partial charge in [0.1, 0.15) is 0 Å². The molecule has 0 saturated carbocycles. The molecule has 3 unspecified atom stereocenters. The molecule has 0 heterocycles. The molecule has 174 valence electrons. The lowest BCUT2D eigenvalue weighted by atomic mass is 9.82. The van der Waals surface area contributed by atoms with Gasteiger partial charge in [-0.2, -0.15) is 0 Å². The fraction of sp³-hybridized carbons (Fsp3) is 0.320. The number of aryl methyl sites for hydroxylation is 1. The highest BCUT2D eigenvalue weighted by Gasteiger charge is 2.34. The third kappa shape index (κ3) is 6.62. The van der Waals surface area contributed by atoms with Crippen LogP contribution < -0.4 is 10.6 Å². The molecule has 2 aromatic rings. The molecule has 2 aromatic carbocycles. The quantitative estimate of drug-likeness (QED) is 0.325. The van der Waals surface area contributed by atoms with Crippen molar-refractivity contribution in [3.63, 3.8) is 0 Å². The third-order valence-electron chi connectivity index (χ3n) is 5.59. The predicted octanol–water partition coefficient (Wildman–Crippen LogP) is 5.76. The van der Waals surface area contributed by atoms with Crippen molar-refractivity contribution in [3.8, 4) is 0 Å². The molecular formula is C25H27ClN2O4S. The second-order valence-corrected chi connectivity index (χ2v) is 9.69. The number of amides is 2. The number of allylic oxidation sites excluding steroid dienone is 2. The van der Waals surface area contributed by atoms with Crippen LogP contribution in [-0.2, 0) is 14.4 Å². The number of anilines is 2. The first kappa shape index (κ1) is 24.9. The van der Waals surface area contributed by atoms with Gasteiger partial charge in [-0.05, 0) is 62.1 Å². The molecule has 1 aliphatic rings. The Labute approximate surface area is 202 Å². The number of halogens is 1. The second kappa shape index (κ2) is 11.4. The van der Waals surface area contributed by atoms with E-state index in [1.807, 2.05) is 32.1 Å². The fourth-order valence-corrected chi connectivity index (χ4v) is 4.87. The molecule has 3 N–H and O–H groups in total. The van der Waals surface area contributed by atoms with Gasteiger partial charge in [0, 0.05) is 21.3 Å². The lowest BCUT2D eigenvalue weighted by Gasteiger charge is -2.24. The minimum absolute atomic E-state index is 0.124. The van der Waals surface area contributed by atoms with E-state index in [2.05, 4.69) is 10.6 Å². The summed E-state index contributed by atoms with van der Waals surface area (Å²) in [7, 11) is 0. The van der Waals surface area contributed by atoms with Crippen molar-refractivity contribution in [2.45, 2.75) is 43.3 Å². The fourth-order valence-electron chi connectivity index (χ4n) is 3.69. The highest BCUT2D eigenvalue weighted by Crippen LogP contribution is 2.31. The summed E-state index contributed by atoms with van der Waals surface area (Å²) in [6.07, 6.45) is 5.02. The summed E-state index contributed by atoms with van der Waals surface area (Å²) in [4.78, 5) is 38.0.